The molecule has 2 aromatic carbocycles. The molecule has 42 heavy (non-hydrogen) atoms. The lowest BCUT2D eigenvalue weighted by molar-refractivity contribution is -0.139. The zero-order valence-corrected chi connectivity index (χ0v) is 26.4. The molecule has 4 bridgehead atoms. The number of hydrogen-bond acceptors (Lipinski definition) is 4. The van der Waals surface area contributed by atoms with E-state index in [1.807, 2.05) is 56.3 Å². The number of sulfonamides is 1. The third-order valence-corrected chi connectivity index (χ3v) is 11.3. The Morgan fingerprint density at radius 3 is 2.02 bits per heavy atom. The van der Waals surface area contributed by atoms with Gasteiger partial charge in [-0.25, -0.2) is 8.42 Å². The maximum atomic E-state index is 13.8. The molecule has 0 saturated heterocycles. The van der Waals surface area contributed by atoms with Crippen molar-refractivity contribution in [3.8, 4) is 0 Å². The largest absolute Gasteiger partial charge is 0.352 e. The second-order valence-corrected chi connectivity index (χ2v) is 15.2. The molecule has 8 heteroatoms. The summed E-state index contributed by atoms with van der Waals surface area (Å²) in [6.45, 7) is 5.59. The Labute approximate surface area is 252 Å². The summed E-state index contributed by atoms with van der Waals surface area (Å²) in [4.78, 5) is 28.4. The average Bonchev–Trinajstić information content (AvgIpc) is 2.95. The van der Waals surface area contributed by atoms with Crippen molar-refractivity contribution >= 4 is 27.5 Å². The van der Waals surface area contributed by atoms with Crippen LogP contribution in [-0.4, -0.2) is 56.6 Å². The molecule has 0 radical (unpaired) electrons. The molecule has 1 N–H and O–H groups in total. The number of carbonyl (C=O) groups is 2. The summed E-state index contributed by atoms with van der Waals surface area (Å²) in [6.07, 6.45) is 10.3. The lowest BCUT2D eigenvalue weighted by Gasteiger charge is -2.57. The van der Waals surface area contributed by atoms with E-state index in [1.54, 1.807) is 6.92 Å². The van der Waals surface area contributed by atoms with Gasteiger partial charge in [-0.3, -0.25) is 13.9 Å². The lowest BCUT2D eigenvalue weighted by atomic mass is 9.48. The molecule has 0 unspecified atom stereocenters. The molecular formula is C34H47N3O4S. The van der Waals surface area contributed by atoms with Gasteiger partial charge in [0.1, 0.15) is 12.6 Å². The third kappa shape index (κ3) is 6.69. The molecule has 2 aromatic rings. The van der Waals surface area contributed by atoms with Crippen LogP contribution in [0.4, 0.5) is 5.69 Å². The molecule has 0 aliphatic heterocycles. The fraction of sp³-hybridized carbons (Fsp3) is 0.588. The first-order valence-corrected chi connectivity index (χ1v) is 17.5. The van der Waals surface area contributed by atoms with Crippen molar-refractivity contribution in [3.63, 3.8) is 0 Å². The molecule has 4 aliphatic rings. The van der Waals surface area contributed by atoms with E-state index >= 15 is 0 Å². The highest BCUT2D eigenvalue weighted by Crippen LogP contribution is 2.60. The highest BCUT2D eigenvalue weighted by atomic mass is 32.2. The normalized spacial score (nSPS) is 26.0. The smallest absolute Gasteiger partial charge is 0.244 e. The Bertz CT molecular complexity index is 1320. The maximum Gasteiger partial charge on any atom is 0.244 e. The molecule has 6 rings (SSSR count). The van der Waals surface area contributed by atoms with Crippen LogP contribution >= 0.6 is 0 Å². The summed E-state index contributed by atoms with van der Waals surface area (Å²) in [7, 11) is -3.76. The van der Waals surface area contributed by atoms with Gasteiger partial charge in [0.05, 0.1) is 11.9 Å². The van der Waals surface area contributed by atoms with Crippen LogP contribution in [0.2, 0.25) is 0 Å². The van der Waals surface area contributed by atoms with Gasteiger partial charge in [0, 0.05) is 12.6 Å². The monoisotopic (exact) mass is 593 g/mol. The predicted octanol–water partition coefficient (Wildman–Crippen LogP) is 5.29. The van der Waals surface area contributed by atoms with Crippen molar-refractivity contribution in [3.05, 3.63) is 65.7 Å². The minimum atomic E-state index is -3.76. The number of hydrogen-bond donors (Lipinski definition) is 1. The average molecular weight is 594 g/mol. The van der Waals surface area contributed by atoms with Crippen molar-refractivity contribution in [2.45, 2.75) is 89.6 Å². The van der Waals surface area contributed by atoms with Crippen molar-refractivity contribution < 1.29 is 18.0 Å². The SMILES string of the molecule is CC[C@H](C)NC(=O)[C@@H](C)N(CCc1ccccc1)C(=O)CN(c1ccc(C23CC4CC(CC(C4)C2)C3)cc1)S(C)(=O)=O. The van der Waals surface area contributed by atoms with Gasteiger partial charge in [-0.1, -0.05) is 49.4 Å². The van der Waals surface area contributed by atoms with E-state index in [1.165, 1.54) is 53.3 Å². The second-order valence-electron chi connectivity index (χ2n) is 13.3. The molecular weight excluding hydrogens is 546 g/mol. The van der Waals surface area contributed by atoms with Crippen LogP contribution in [-0.2, 0) is 31.4 Å². The van der Waals surface area contributed by atoms with E-state index < -0.39 is 22.0 Å². The number of benzene rings is 2. The molecule has 2 amide bonds. The summed E-state index contributed by atoms with van der Waals surface area (Å²) < 4.78 is 27.3. The third-order valence-electron chi connectivity index (χ3n) is 10.1. The molecule has 0 aromatic heterocycles. The van der Waals surface area contributed by atoms with Gasteiger partial charge in [0.15, 0.2) is 0 Å². The number of carbonyl (C=O) groups excluding carboxylic acids is 2. The fourth-order valence-corrected chi connectivity index (χ4v) is 8.94. The minimum Gasteiger partial charge on any atom is -0.352 e. The summed E-state index contributed by atoms with van der Waals surface area (Å²) in [5, 5.41) is 2.97. The van der Waals surface area contributed by atoms with Crippen molar-refractivity contribution in [2.24, 2.45) is 17.8 Å². The highest BCUT2D eigenvalue weighted by molar-refractivity contribution is 7.92. The fourth-order valence-electron chi connectivity index (χ4n) is 8.09. The van der Waals surface area contributed by atoms with Gasteiger partial charge in [-0.05, 0) is 112 Å². The molecule has 0 spiro atoms. The Kier molecular flexibility index (Phi) is 9.02. The molecule has 228 valence electrons. The molecule has 4 aliphatic carbocycles. The number of anilines is 1. The van der Waals surface area contributed by atoms with Crippen molar-refractivity contribution in [1.29, 1.82) is 0 Å². The Hall–Kier alpha value is -2.87. The molecule has 4 fully saturated rings. The van der Waals surface area contributed by atoms with E-state index in [0.29, 0.717) is 18.7 Å². The van der Waals surface area contributed by atoms with Crippen LogP contribution in [0.3, 0.4) is 0 Å². The van der Waals surface area contributed by atoms with Gasteiger partial charge in [-0.15, -0.1) is 0 Å². The van der Waals surface area contributed by atoms with Gasteiger partial charge in [0.25, 0.3) is 0 Å². The molecule has 2 atom stereocenters. The van der Waals surface area contributed by atoms with Gasteiger partial charge < -0.3 is 10.2 Å². The van der Waals surface area contributed by atoms with E-state index in [0.717, 1.165) is 36.0 Å². The lowest BCUT2D eigenvalue weighted by Crippen LogP contribution is -2.53. The Morgan fingerprint density at radius 1 is 0.929 bits per heavy atom. The van der Waals surface area contributed by atoms with Crippen LogP contribution < -0.4 is 9.62 Å². The second kappa shape index (κ2) is 12.4. The first-order chi connectivity index (χ1) is 20.0. The minimum absolute atomic E-state index is 0.0222. The topological polar surface area (TPSA) is 86.8 Å². The highest BCUT2D eigenvalue weighted by Gasteiger charge is 2.51. The Morgan fingerprint density at radius 2 is 1.50 bits per heavy atom. The Balaban J connectivity index is 1.35. The quantitative estimate of drug-likeness (QED) is 0.362. The summed E-state index contributed by atoms with van der Waals surface area (Å²) in [6, 6.07) is 17.0. The van der Waals surface area contributed by atoms with Crippen LogP contribution in [0.25, 0.3) is 0 Å². The van der Waals surface area contributed by atoms with Gasteiger partial charge in [-0.2, -0.15) is 0 Å². The standard InChI is InChI=1S/C34H47N3O4S/c1-5-24(2)35-33(39)25(3)36(16-15-26-9-7-6-8-10-26)32(38)23-37(42(4,40)41)31-13-11-30(12-14-31)34-20-27-17-28(21-34)19-29(18-27)22-34/h6-14,24-25,27-29H,5,15-23H2,1-4H3,(H,35,39)/t24-,25+,27?,28?,29?,34?/m0/s1. The summed E-state index contributed by atoms with van der Waals surface area (Å²) >= 11 is 0. The van der Waals surface area contributed by atoms with Crippen LogP contribution in [0.1, 0.15) is 76.8 Å². The molecule has 0 heterocycles. The molecule has 7 nitrogen and oxygen atoms in total. The van der Waals surface area contributed by atoms with Crippen LogP contribution in [0.15, 0.2) is 54.6 Å². The van der Waals surface area contributed by atoms with Crippen molar-refractivity contribution in [1.82, 2.24) is 10.2 Å². The summed E-state index contributed by atoms with van der Waals surface area (Å²) in [5.74, 6) is 1.83. The maximum absolute atomic E-state index is 13.8. The number of nitrogens with zero attached hydrogens (tertiary/aromatic N) is 2. The predicted molar refractivity (Wildman–Crippen MR) is 168 cm³/mol. The molecule has 4 saturated carbocycles. The zero-order chi connectivity index (χ0) is 30.1. The van der Waals surface area contributed by atoms with E-state index in [-0.39, 0.29) is 23.9 Å². The number of rotatable bonds is 12. The number of nitrogens with one attached hydrogen (secondary N) is 1. The van der Waals surface area contributed by atoms with Crippen LogP contribution in [0, 0.1) is 17.8 Å². The van der Waals surface area contributed by atoms with E-state index in [4.69, 9.17) is 0 Å². The van der Waals surface area contributed by atoms with E-state index in [9.17, 15) is 18.0 Å². The summed E-state index contributed by atoms with van der Waals surface area (Å²) in [5.41, 5.74) is 3.06. The first kappa shape index (κ1) is 30.6. The number of amides is 2. The first-order valence-electron chi connectivity index (χ1n) is 15.7. The zero-order valence-electron chi connectivity index (χ0n) is 25.6. The van der Waals surface area contributed by atoms with Gasteiger partial charge >= 0.3 is 0 Å². The van der Waals surface area contributed by atoms with Crippen LogP contribution in [0.5, 0.6) is 0 Å². The van der Waals surface area contributed by atoms with Crippen molar-refractivity contribution in [2.75, 3.05) is 23.7 Å². The van der Waals surface area contributed by atoms with E-state index in [2.05, 4.69) is 17.4 Å². The van der Waals surface area contributed by atoms with Gasteiger partial charge in [0.2, 0.25) is 21.8 Å².